The molecule has 54 heavy (non-hydrogen) atoms. The van der Waals surface area contributed by atoms with Crippen LogP contribution in [0.4, 0.5) is 11.4 Å². The second kappa shape index (κ2) is 19.0. The normalized spacial score (nSPS) is 19.2. The van der Waals surface area contributed by atoms with Crippen molar-refractivity contribution < 1.29 is 24.6 Å². The van der Waals surface area contributed by atoms with Crippen molar-refractivity contribution in [3.8, 4) is 0 Å². The first kappa shape index (κ1) is 40.3. The highest BCUT2D eigenvalue weighted by molar-refractivity contribution is 8.30. The lowest BCUT2D eigenvalue weighted by Gasteiger charge is -2.27. The molecule has 0 bridgehead atoms. The van der Waals surface area contributed by atoms with Gasteiger partial charge in [-0.3, -0.25) is 28.6 Å². The highest BCUT2D eigenvalue weighted by Gasteiger charge is 2.42. The second-order valence-corrected chi connectivity index (χ2v) is 18.2. The standard InChI is InChI=1S/C41H49N3O6S4/c1-2-3-4-5-6-7-8-11-23-52-29-19-17-28(18-20-29)44-32-14-12-13-30(32)31-24-27(16-21-33(31)44)25-34-38(49)43(26-36(47)48)40(53-34)37-39(50)42(41(51)54-37)22-10-9-15-35(45)46/h16-21,24-25,30,32H,2-15,22-23,26H2,1H3,(H,45,46)(H,47,48)/b34-25-,40-37+. The Morgan fingerprint density at radius 2 is 1.67 bits per heavy atom. The SMILES string of the molecule is CCCCCCCCCCSc1ccc(N2c3ccc(/C=c4\s/c(=C5/SC(=S)N(CCCCC(=O)O)C5=O)n(CC(=O)O)c4=O)cc3C3CCCC32)cc1. The fourth-order valence-corrected chi connectivity index (χ4v) is 11.3. The van der Waals surface area contributed by atoms with E-state index in [4.69, 9.17) is 17.3 Å². The molecule has 3 aliphatic rings. The minimum absolute atomic E-state index is 0.00524. The summed E-state index contributed by atoms with van der Waals surface area (Å²) >= 11 is 9.56. The van der Waals surface area contributed by atoms with Crippen LogP contribution in [-0.2, 0) is 20.9 Å². The predicted molar refractivity (Wildman–Crippen MR) is 225 cm³/mol. The maximum Gasteiger partial charge on any atom is 0.323 e. The highest BCUT2D eigenvalue weighted by Crippen LogP contribution is 2.52. The second-order valence-electron chi connectivity index (χ2n) is 14.3. The number of unbranched alkanes of at least 4 members (excludes halogenated alkanes) is 8. The quantitative estimate of drug-likeness (QED) is 0.0700. The number of carbonyl (C=O) groups is 3. The summed E-state index contributed by atoms with van der Waals surface area (Å²) < 4.78 is 2.06. The summed E-state index contributed by atoms with van der Waals surface area (Å²) in [5.74, 6) is -0.954. The number of carboxylic acids is 2. The van der Waals surface area contributed by atoms with Crippen LogP contribution in [0.5, 0.6) is 0 Å². The number of carbonyl (C=O) groups excluding carboxylic acids is 1. The molecule has 1 saturated carbocycles. The van der Waals surface area contributed by atoms with Gasteiger partial charge in [0.2, 0.25) is 0 Å². The van der Waals surface area contributed by atoms with Crippen molar-refractivity contribution in [3.63, 3.8) is 0 Å². The van der Waals surface area contributed by atoms with Crippen LogP contribution in [-0.4, -0.2) is 60.2 Å². The summed E-state index contributed by atoms with van der Waals surface area (Å²) in [7, 11) is 0. The molecule has 2 N–H and O–H groups in total. The minimum Gasteiger partial charge on any atom is -0.481 e. The molecule has 13 heteroatoms. The number of nitrogens with zero attached hydrogens (tertiary/aromatic N) is 3. The average molecular weight is 808 g/mol. The molecule has 1 aliphatic carbocycles. The van der Waals surface area contributed by atoms with Gasteiger partial charge in [0.05, 0.1) is 4.53 Å². The fraction of sp³-hybridized carbons (Fsp3) is 0.488. The number of amides is 1. The van der Waals surface area contributed by atoms with Crippen molar-refractivity contribution in [2.75, 3.05) is 17.2 Å². The highest BCUT2D eigenvalue weighted by atomic mass is 32.2. The number of thioether (sulfide) groups is 2. The Morgan fingerprint density at radius 3 is 2.39 bits per heavy atom. The van der Waals surface area contributed by atoms with E-state index >= 15 is 0 Å². The maximum atomic E-state index is 13.7. The monoisotopic (exact) mass is 807 g/mol. The molecular formula is C41H49N3O6S4. The van der Waals surface area contributed by atoms with E-state index in [1.54, 1.807) is 6.08 Å². The van der Waals surface area contributed by atoms with Gasteiger partial charge in [0, 0.05) is 41.2 Å². The van der Waals surface area contributed by atoms with Gasteiger partial charge in [-0.25, -0.2) is 0 Å². The van der Waals surface area contributed by atoms with Crippen LogP contribution in [0.15, 0.2) is 52.2 Å². The number of thiocarbonyl (C=S) groups is 1. The molecule has 3 aromatic rings. The van der Waals surface area contributed by atoms with Crippen LogP contribution in [0.2, 0.25) is 0 Å². The van der Waals surface area contributed by atoms with Crippen molar-refractivity contribution in [2.45, 2.75) is 120 Å². The number of hydrogen-bond donors (Lipinski definition) is 2. The molecule has 2 atom stereocenters. The zero-order valence-electron chi connectivity index (χ0n) is 30.8. The molecule has 3 heterocycles. The van der Waals surface area contributed by atoms with Crippen molar-refractivity contribution in [1.29, 1.82) is 0 Å². The first-order valence-corrected chi connectivity index (χ1v) is 22.3. The van der Waals surface area contributed by atoms with E-state index in [-0.39, 0.29) is 22.5 Å². The predicted octanol–water partition coefficient (Wildman–Crippen LogP) is 8.07. The number of aromatic nitrogens is 1. The van der Waals surface area contributed by atoms with Gasteiger partial charge >= 0.3 is 11.9 Å². The molecule has 6 rings (SSSR count). The van der Waals surface area contributed by atoms with E-state index in [0.29, 0.717) is 33.7 Å². The first-order chi connectivity index (χ1) is 26.2. The van der Waals surface area contributed by atoms with E-state index in [2.05, 4.69) is 48.2 Å². The zero-order chi connectivity index (χ0) is 38.2. The third-order valence-electron chi connectivity index (χ3n) is 10.5. The van der Waals surface area contributed by atoms with E-state index < -0.39 is 29.9 Å². The number of fused-ring (bicyclic) bond motifs is 3. The molecule has 2 aromatic carbocycles. The third kappa shape index (κ3) is 9.52. The molecule has 9 nitrogen and oxygen atoms in total. The molecule has 1 saturated heterocycles. The van der Waals surface area contributed by atoms with Gasteiger partial charge in [-0.1, -0.05) is 88.3 Å². The van der Waals surface area contributed by atoms with Crippen LogP contribution in [0.3, 0.4) is 0 Å². The summed E-state index contributed by atoms with van der Waals surface area (Å²) in [5, 5.41) is 18.6. The Labute approximate surface area is 334 Å². The minimum atomic E-state index is -1.19. The van der Waals surface area contributed by atoms with Gasteiger partial charge < -0.3 is 15.1 Å². The largest absolute Gasteiger partial charge is 0.481 e. The maximum absolute atomic E-state index is 13.7. The van der Waals surface area contributed by atoms with E-state index in [9.17, 15) is 24.3 Å². The smallest absolute Gasteiger partial charge is 0.323 e. The summed E-state index contributed by atoms with van der Waals surface area (Å²) in [4.78, 5) is 55.4. The number of hydrogen-bond acceptors (Lipinski definition) is 9. The lowest BCUT2D eigenvalue weighted by molar-refractivity contribution is -0.138. The Balaban J connectivity index is 1.20. The number of thiazole rings is 1. The Kier molecular flexibility index (Phi) is 14.1. The molecule has 2 fully saturated rings. The van der Waals surface area contributed by atoms with Crippen LogP contribution in [0, 0.1) is 0 Å². The van der Waals surface area contributed by atoms with Gasteiger partial charge in [0.1, 0.15) is 20.4 Å². The third-order valence-corrected chi connectivity index (χ3v) is 14.3. The summed E-state index contributed by atoms with van der Waals surface area (Å²) in [5.41, 5.74) is 4.04. The molecule has 1 aromatic heterocycles. The Hall–Kier alpha value is -3.39. The number of aliphatic carboxylic acids is 2. The van der Waals surface area contributed by atoms with Crippen molar-refractivity contribution in [2.24, 2.45) is 0 Å². The number of rotatable bonds is 19. The van der Waals surface area contributed by atoms with E-state index in [1.165, 1.54) is 78.1 Å². The van der Waals surface area contributed by atoms with Crippen LogP contribution in [0.1, 0.15) is 114 Å². The Bertz CT molecular complexity index is 2040. The van der Waals surface area contributed by atoms with Gasteiger partial charge in [-0.2, -0.15) is 0 Å². The van der Waals surface area contributed by atoms with Gasteiger partial charge in [0.25, 0.3) is 11.5 Å². The molecule has 2 aliphatic heterocycles. The summed E-state index contributed by atoms with van der Waals surface area (Å²) in [6, 6.07) is 15.7. The zero-order valence-corrected chi connectivity index (χ0v) is 34.1. The molecule has 2 unspecified atom stereocenters. The number of carboxylic acid groups (broad SMARTS) is 2. The molecule has 288 valence electrons. The molecular weight excluding hydrogens is 759 g/mol. The summed E-state index contributed by atoms with van der Waals surface area (Å²) in [6.45, 7) is 1.93. The first-order valence-electron chi connectivity index (χ1n) is 19.2. The van der Waals surface area contributed by atoms with Crippen molar-refractivity contribution >= 4 is 91.6 Å². The molecule has 1 amide bonds. The van der Waals surface area contributed by atoms with Crippen LogP contribution >= 0.6 is 47.1 Å². The topological polar surface area (TPSA) is 120 Å². The number of anilines is 2. The van der Waals surface area contributed by atoms with Gasteiger partial charge in [-0.15, -0.1) is 23.1 Å². The van der Waals surface area contributed by atoms with E-state index in [0.717, 1.165) is 58.2 Å². The lowest BCUT2D eigenvalue weighted by atomic mass is 9.96. The van der Waals surface area contributed by atoms with Crippen LogP contribution < -0.4 is 19.7 Å². The Morgan fingerprint density at radius 1 is 0.926 bits per heavy atom. The lowest BCUT2D eigenvalue weighted by Crippen LogP contribution is -2.35. The van der Waals surface area contributed by atoms with Crippen molar-refractivity contribution in [1.82, 2.24) is 9.47 Å². The van der Waals surface area contributed by atoms with E-state index in [1.807, 2.05) is 17.8 Å². The average Bonchev–Trinajstić information content (AvgIpc) is 3.89. The van der Waals surface area contributed by atoms with Gasteiger partial charge in [-0.05, 0) is 91.5 Å². The molecule has 0 radical (unpaired) electrons. The number of benzene rings is 2. The molecule has 0 spiro atoms. The summed E-state index contributed by atoms with van der Waals surface area (Å²) in [6.07, 6.45) is 16.7. The van der Waals surface area contributed by atoms with Crippen LogP contribution in [0.25, 0.3) is 11.0 Å². The van der Waals surface area contributed by atoms with Gasteiger partial charge in [0.15, 0.2) is 0 Å². The fourth-order valence-electron chi connectivity index (χ4n) is 7.81. The van der Waals surface area contributed by atoms with Crippen molar-refractivity contribution in [3.05, 3.63) is 73.1 Å².